The number of pyridine rings is 1. The number of amides is 1. The number of aromatic nitrogens is 2. The van der Waals surface area contributed by atoms with E-state index in [-0.39, 0.29) is 12.0 Å². The Morgan fingerprint density at radius 2 is 2.07 bits per heavy atom. The van der Waals surface area contributed by atoms with Gasteiger partial charge in [0.15, 0.2) is 0 Å². The van der Waals surface area contributed by atoms with Crippen molar-refractivity contribution in [1.82, 2.24) is 15.0 Å². The highest BCUT2D eigenvalue weighted by Crippen LogP contribution is 2.32. The molecule has 29 heavy (non-hydrogen) atoms. The molecule has 0 saturated carbocycles. The van der Waals surface area contributed by atoms with Crippen LogP contribution in [0.15, 0.2) is 47.2 Å². The first-order valence-electron chi connectivity index (χ1n) is 9.31. The van der Waals surface area contributed by atoms with Gasteiger partial charge in [-0.15, -0.1) is 0 Å². The fourth-order valence-corrected chi connectivity index (χ4v) is 3.86. The second-order valence-electron chi connectivity index (χ2n) is 6.88. The number of aryl methyl sites for hydroxylation is 1. The Kier molecular flexibility index (Phi) is 5.74. The van der Waals surface area contributed by atoms with Gasteiger partial charge in [0.2, 0.25) is 0 Å². The Bertz CT molecular complexity index is 1040. The summed E-state index contributed by atoms with van der Waals surface area (Å²) in [5, 5.41) is 5.07. The molecule has 0 N–H and O–H groups in total. The molecule has 0 spiro atoms. The van der Waals surface area contributed by atoms with Crippen molar-refractivity contribution in [2.24, 2.45) is 0 Å². The SMILES string of the molecule is Cc1onc(-c2ccccc2Cl)c1C(=O)N1CCCC(Oc2ccncc2Cl)C1. The molecule has 1 aromatic carbocycles. The first-order chi connectivity index (χ1) is 14.0. The number of piperidine rings is 1. The quantitative estimate of drug-likeness (QED) is 0.578. The predicted molar refractivity (Wildman–Crippen MR) is 110 cm³/mol. The first kappa shape index (κ1) is 19.7. The van der Waals surface area contributed by atoms with Crippen molar-refractivity contribution in [3.05, 3.63) is 64.1 Å². The lowest BCUT2D eigenvalue weighted by molar-refractivity contribution is 0.0537. The lowest BCUT2D eigenvalue weighted by Crippen LogP contribution is -2.44. The molecule has 8 heteroatoms. The number of rotatable bonds is 4. The Hall–Kier alpha value is -2.57. The predicted octanol–water partition coefficient (Wildman–Crippen LogP) is 5.04. The Morgan fingerprint density at radius 1 is 1.24 bits per heavy atom. The van der Waals surface area contributed by atoms with Gasteiger partial charge >= 0.3 is 0 Å². The number of nitrogens with zero attached hydrogens (tertiary/aromatic N) is 3. The molecule has 6 nitrogen and oxygen atoms in total. The molecular weight excluding hydrogens is 413 g/mol. The third-order valence-electron chi connectivity index (χ3n) is 4.90. The van der Waals surface area contributed by atoms with Crippen LogP contribution < -0.4 is 4.74 Å². The van der Waals surface area contributed by atoms with Crippen LogP contribution in [0.3, 0.4) is 0 Å². The van der Waals surface area contributed by atoms with Gasteiger partial charge in [0.25, 0.3) is 5.91 Å². The molecule has 0 bridgehead atoms. The second-order valence-corrected chi connectivity index (χ2v) is 7.70. The first-order valence-corrected chi connectivity index (χ1v) is 10.1. The normalized spacial score (nSPS) is 16.7. The summed E-state index contributed by atoms with van der Waals surface area (Å²) in [6.07, 6.45) is 4.67. The Labute approximate surface area is 178 Å². The van der Waals surface area contributed by atoms with E-state index < -0.39 is 0 Å². The fraction of sp³-hybridized carbons (Fsp3) is 0.286. The Morgan fingerprint density at radius 3 is 2.86 bits per heavy atom. The van der Waals surface area contributed by atoms with Gasteiger partial charge in [0.05, 0.1) is 11.6 Å². The highest BCUT2D eigenvalue weighted by Gasteiger charge is 2.31. The van der Waals surface area contributed by atoms with E-state index in [9.17, 15) is 4.79 Å². The lowest BCUT2D eigenvalue weighted by Gasteiger charge is -2.33. The molecule has 1 aliphatic rings. The largest absolute Gasteiger partial charge is 0.487 e. The number of ether oxygens (including phenoxy) is 1. The maximum absolute atomic E-state index is 13.3. The summed E-state index contributed by atoms with van der Waals surface area (Å²) < 4.78 is 11.4. The molecule has 150 valence electrons. The molecule has 1 aliphatic heterocycles. The van der Waals surface area contributed by atoms with Crippen LogP contribution in [0.25, 0.3) is 11.3 Å². The minimum Gasteiger partial charge on any atom is -0.487 e. The van der Waals surface area contributed by atoms with Crippen molar-refractivity contribution in [3.63, 3.8) is 0 Å². The topological polar surface area (TPSA) is 68.5 Å². The van der Waals surface area contributed by atoms with E-state index in [0.29, 0.717) is 51.5 Å². The molecular formula is C21H19Cl2N3O3. The molecule has 3 heterocycles. The van der Waals surface area contributed by atoms with Crippen LogP contribution >= 0.6 is 23.2 Å². The van der Waals surface area contributed by atoms with Gasteiger partial charge in [-0.25, -0.2) is 0 Å². The van der Waals surface area contributed by atoms with Gasteiger partial charge in [0.1, 0.15) is 33.9 Å². The van der Waals surface area contributed by atoms with Crippen molar-refractivity contribution in [2.45, 2.75) is 25.9 Å². The zero-order valence-corrected chi connectivity index (χ0v) is 17.3. The zero-order chi connectivity index (χ0) is 20.4. The molecule has 0 aliphatic carbocycles. The molecule has 2 aromatic heterocycles. The van der Waals surface area contributed by atoms with Gasteiger partial charge in [-0.05, 0) is 25.8 Å². The molecule has 3 aromatic rings. The molecule has 1 unspecified atom stereocenters. The van der Waals surface area contributed by atoms with Gasteiger partial charge in [-0.2, -0.15) is 0 Å². The van der Waals surface area contributed by atoms with Gasteiger partial charge < -0.3 is 14.2 Å². The van der Waals surface area contributed by atoms with E-state index in [1.165, 1.54) is 0 Å². The number of likely N-dealkylation sites (tertiary alicyclic amines) is 1. The van der Waals surface area contributed by atoms with Crippen LogP contribution in [0, 0.1) is 6.92 Å². The summed E-state index contributed by atoms with van der Waals surface area (Å²) in [4.78, 5) is 19.1. The molecule has 4 rings (SSSR count). The van der Waals surface area contributed by atoms with Crippen molar-refractivity contribution < 1.29 is 14.1 Å². The van der Waals surface area contributed by atoms with E-state index in [1.807, 2.05) is 18.2 Å². The molecule has 1 amide bonds. The van der Waals surface area contributed by atoms with Crippen LogP contribution in [0.1, 0.15) is 29.0 Å². The van der Waals surface area contributed by atoms with Crippen molar-refractivity contribution in [3.8, 4) is 17.0 Å². The number of benzene rings is 1. The third kappa shape index (κ3) is 4.09. The standard InChI is InChI=1S/C21H19Cl2N3O3/c1-13-19(20(25-29-13)15-6-2-3-7-16(15)22)21(27)26-10-4-5-14(12-26)28-18-8-9-24-11-17(18)23/h2-3,6-9,11,14H,4-5,10,12H2,1H3. The van der Waals surface area contributed by atoms with Crippen LogP contribution in [0.2, 0.25) is 10.0 Å². The maximum Gasteiger partial charge on any atom is 0.259 e. The summed E-state index contributed by atoms with van der Waals surface area (Å²) in [7, 11) is 0. The summed E-state index contributed by atoms with van der Waals surface area (Å²) in [5.41, 5.74) is 1.56. The number of hydrogen-bond acceptors (Lipinski definition) is 5. The minimum atomic E-state index is -0.156. The average molecular weight is 432 g/mol. The van der Waals surface area contributed by atoms with Crippen LogP contribution in [0.5, 0.6) is 5.75 Å². The second kappa shape index (κ2) is 8.43. The van der Waals surface area contributed by atoms with E-state index in [4.69, 9.17) is 32.5 Å². The van der Waals surface area contributed by atoms with Crippen LogP contribution in [-0.2, 0) is 0 Å². The van der Waals surface area contributed by atoms with E-state index in [1.54, 1.807) is 36.4 Å². The summed E-state index contributed by atoms with van der Waals surface area (Å²) >= 11 is 12.5. The summed E-state index contributed by atoms with van der Waals surface area (Å²) in [5.74, 6) is 0.886. The van der Waals surface area contributed by atoms with E-state index in [0.717, 1.165) is 12.8 Å². The molecule has 1 fully saturated rings. The van der Waals surface area contributed by atoms with Crippen molar-refractivity contribution >= 4 is 29.1 Å². The Balaban J connectivity index is 1.57. The van der Waals surface area contributed by atoms with Crippen molar-refractivity contribution in [1.29, 1.82) is 0 Å². The van der Waals surface area contributed by atoms with Gasteiger partial charge in [-0.3, -0.25) is 9.78 Å². The van der Waals surface area contributed by atoms with Crippen LogP contribution in [-0.4, -0.2) is 40.1 Å². The zero-order valence-electron chi connectivity index (χ0n) is 15.8. The minimum absolute atomic E-state index is 0.146. The smallest absolute Gasteiger partial charge is 0.259 e. The number of halogens is 2. The fourth-order valence-electron chi connectivity index (χ4n) is 3.48. The average Bonchev–Trinajstić information content (AvgIpc) is 3.11. The van der Waals surface area contributed by atoms with Crippen molar-refractivity contribution in [2.75, 3.05) is 13.1 Å². The number of carbonyl (C=O) groups is 1. The monoisotopic (exact) mass is 431 g/mol. The molecule has 0 radical (unpaired) electrons. The maximum atomic E-state index is 13.3. The molecule has 1 atom stereocenters. The third-order valence-corrected chi connectivity index (χ3v) is 5.51. The van der Waals surface area contributed by atoms with Gasteiger partial charge in [-0.1, -0.05) is 46.6 Å². The van der Waals surface area contributed by atoms with E-state index in [2.05, 4.69) is 10.1 Å². The highest BCUT2D eigenvalue weighted by atomic mass is 35.5. The van der Waals surface area contributed by atoms with Crippen LogP contribution in [0.4, 0.5) is 0 Å². The lowest BCUT2D eigenvalue weighted by atomic mass is 10.0. The van der Waals surface area contributed by atoms with Gasteiger partial charge in [0, 0.05) is 30.6 Å². The number of hydrogen-bond donors (Lipinski definition) is 0. The number of carbonyl (C=O) groups excluding carboxylic acids is 1. The highest BCUT2D eigenvalue weighted by molar-refractivity contribution is 6.33. The molecule has 1 saturated heterocycles. The van der Waals surface area contributed by atoms with E-state index >= 15 is 0 Å². The summed E-state index contributed by atoms with van der Waals surface area (Å²) in [6, 6.07) is 8.99. The summed E-state index contributed by atoms with van der Waals surface area (Å²) in [6.45, 7) is 2.81.